The van der Waals surface area contributed by atoms with Crippen LogP contribution in [0.5, 0.6) is 5.75 Å². The molecule has 4 heteroatoms. The first-order valence-corrected chi connectivity index (χ1v) is 6.89. The molecule has 0 radical (unpaired) electrons. The van der Waals surface area contributed by atoms with Gasteiger partial charge in [0.05, 0.1) is 6.61 Å². The normalized spacial score (nSPS) is 10.6. The summed E-state index contributed by atoms with van der Waals surface area (Å²) in [7, 11) is 0. The number of benzene rings is 1. The summed E-state index contributed by atoms with van der Waals surface area (Å²) in [4.78, 5) is 0. The second kappa shape index (κ2) is 6.92. The van der Waals surface area contributed by atoms with E-state index in [1.807, 2.05) is 24.3 Å². The zero-order chi connectivity index (χ0) is 13.5. The third-order valence-electron chi connectivity index (χ3n) is 2.80. The number of aryl methyl sites for hydroxylation is 1. The third-order valence-corrected chi connectivity index (χ3v) is 2.80. The van der Waals surface area contributed by atoms with Crippen molar-refractivity contribution in [2.45, 2.75) is 39.5 Å². The van der Waals surface area contributed by atoms with Crippen molar-refractivity contribution < 1.29 is 9.15 Å². The molecule has 0 fully saturated rings. The smallest absolute Gasteiger partial charge is 0.247 e. The minimum Gasteiger partial charge on any atom is -0.494 e. The molecule has 0 aliphatic heterocycles. The maximum absolute atomic E-state index is 5.61. The Bertz CT molecular complexity index is 491. The van der Waals surface area contributed by atoms with E-state index in [-0.39, 0.29) is 0 Å². The van der Waals surface area contributed by atoms with E-state index in [1.165, 1.54) is 0 Å². The van der Waals surface area contributed by atoms with Gasteiger partial charge in [0.15, 0.2) is 0 Å². The lowest BCUT2D eigenvalue weighted by atomic mass is 10.2. The van der Waals surface area contributed by atoms with E-state index < -0.39 is 0 Å². The highest BCUT2D eigenvalue weighted by atomic mass is 16.5. The Morgan fingerprint density at radius 2 is 1.84 bits per heavy atom. The van der Waals surface area contributed by atoms with Crippen LogP contribution in [0, 0.1) is 0 Å². The van der Waals surface area contributed by atoms with Gasteiger partial charge in [0, 0.05) is 12.0 Å². The largest absolute Gasteiger partial charge is 0.494 e. The first-order valence-electron chi connectivity index (χ1n) is 6.89. The quantitative estimate of drug-likeness (QED) is 0.709. The molecular weight excluding hydrogens is 240 g/mol. The molecule has 1 aromatic carbocycles. The lowest BCUT2D eigenvalue weighted by molar-refractivity contribution is 0.309. The third kappa shape index (κ3) is 3.81. The van der Waals surface area contributed by atoms with Crippen LogP contribution in [0.2, 0.25) is 0 Å². The van der Waals surface area contributed by atoms with E-state index in [0.717, 1.165) is 43.6 Å². The van der Waals surface area contributed by atoms with E-state index in [2.05, 4.69) is 24.0 Å². The van der Waals surface area contributed by atoms with E-state index in [9.17, 15) is 0 Å². The summed E-state index contributed by atoms with van der Waals surface area (Å²) >= 11 is 0. The molecule has 19 heavy (non-hydrogen) atoms. The SMILES string of the molecule is CCCCOc1ccc(-c2nnc(CCC)o2)cc1. The van der Waals surface area contributed by atoms with Gasteiger partial charge in [-0.2, -0.15) is 0 Å². The van der Waals surface area contributed by atoms with Gasteiger partial charge in [0.1, 0.15) is 5.75 Å². The minimum absolute atomic E-state index is 0.573. The molecule has 0 amide bonds. The second-order valence-electron chi connectivity index (χ2n) is 4.48. The summed E-state index contributed by atoms with van der Waals surface area (Å²) in [5.74, 6) is 2.15. The van der Waals surface area contributed by atoms with Gasteiger partial charge in [-0.1, -0.05) is 20.3 Å². The number of hydrogen-bond acceptors (Lipinski definition) is 4. The fourth-order valence-corrected chi connectivity index (χ4v) is 1.71. The average molecular weight is 260 g/mol. The van der Waals surface area contributed by atoms with Gasteiger partial charge in [0.25, 0.3) is 0 Å². The Balaban J connectivity index is 2.00. The molecule has 102 valence electrons. The predicted molar refractivity (Wildman–Crippen MR) is 74.1 cm³/mol. The molecule has 0 saturated heterocycles. The predicted octanol–water partition coefficient (Wildman–Crippen LogP) is 3.87. The van der Waals surface area contributed by atoms with Crippen LogP contribution < -0.4 is 4.74 Å². The van der Waals surface area contributed by atoms with Gasteiger partial charge in [-0.3, -0.25) is 0 Å². The molecule has 0 spiro atoms. The first-order chi connectivity index (χ1) is 9.33. The van der Waals surface area contributed by atoms with Crippen LogP contribution in [0.3, 0.4) is 0 Å². The lowest BCUT2D eigenvalue weighted by Gasteiger charge is -2.04. The molecule has 0 unspecified atom stereocenters. The summed E-state index contributed by atoms with van der Waals surface area (Å²) in [6, 6.07) is 7.78. The zero-order valence-electron chi connectivity index (χ0n) is 11.6. The number of hydrogen-bond donors (Lipinski definition) is 0. The highest BCUT2D eigenvalue weighted by molar-refractivity contribution is 5.53. The van der Waals surface area contributed by atoms with Gasteiger partial charge in [-0.25, -0.2) is 0 Å². The van der Waals surface area contributed by atoms with Crippen molar-refractivity contribution in [3.8, 4) is 17.2 Å². The van der Waals surface area contributed by atoms with Crippen LogP contribution in [-0.4, -0.2) is 16.8 Å². The Morgan fingerprint density at radius 3 is 2.53 bits per heavy atom. The van der Waals surface area contributed by atoms with Crippen molar-refractivity contribution in [3.05, 3.63) is 30.2 Å². The number of aromatic nitrogens is 2. The van der Waals surface area contributed by atoms with E-state index >= 15 is 0 Å². The molecule has 0 N–H and O–H groups in total. The maximum Gasteiger partial charge on any atom is 0.247 e. The van der Waals surface area contributed by atoms with Crippen molar-refractivity contribution in [1.82, 2.24) is 10.2 Å². The van der Waals surface area contributed by atoms with Crippen LogP contribution in [0.1, 0.15) is 39.0 Å². The molecular formula is C15H20N2O2. The highest BCUT2D eigenvalue weighted by Gasteiger charge is 2.07. The Kier molecular flexibility index (Phi) is 4.95. The lowest BCUT2D eigenvalue weighted by Crippen LogP contribution is -1.95. The van der Waals surface area contributed by atoms with Crippen LogP contribution in [-0.2, 0) is 6.42 Å². The van der Waals surface area contributed by atoms with Crippen LogP contribution >= 0.6 is 0 Å². The number of nitrogens with zero attached hydrogens (tertiary/aromatic N) is 2. The summed E-state index contributed by atoms with van der Waals surface area (Å²) in [6.07, 6.45) is 4.04. The Labute approximate surface area is 113 Å². The summed E-state index contributed by atoms with van der Waals surface area (Å²) in [5, 5.41) is 8.07. The number of ether oxygens (including phenoxy) is 1. The van der Waals surface area contributed by atoms with Crippen LogP contribution in [0.15, 0.2) is 28.7 Å². The summed E-state index contributed by atoms with van der Waals surface area (Å²) in [6.45, 7) is 5.00. The highest BCUT2D eigenvalue weighted by Crippen LogP contribution is 2.21. The maximum atomic E-state index is 5.61. The van der Waals surface area contributed by atoms with Crippen molar-refractivity contribution >= 4 is 0 Å². The van der Waals surface area contributed by atoms with Crippen molar-refractivity contribution in [3.63, 3.8) is 0 Å². The second-order valence-corrected chi connectivity index (χ2v) is 4.48. The van der Waals surface area contributed by atoms with Gasteiger partial charge >= 0.3 is 0 Å². The fourth-order valence-electron chi connectivity index (χ4n) is 1.71. The van der Waals surface area contributed by atoms with Crippen molar-refractivity contribution in [1.29, 1.82) is 0 Å². The molecule has 0 bridgehead atoms. The van der Waals surface area contributed by atoms with E-state index in [1.54, 1.807) is 0 Å². The molecule has 1 aromatic heterocycles. The molecule has 4 nitrogen and oxygen atoms in total. The zero-order valence-corrected chi connectivity index (χ0v) is 11.6. The van der Waals surface area contributed by atoms with Crippen molar-refractivity contribution in [2.24, 2.45) is 0 Å². The molecule has 0 saturated carbocycles. The molecule has 0 aliphatic rings. The molecule has 2 rings (SSSR count). The topological polar surface area (TPSA) is 48.2 Å². The minimum atomic E-state index is 0.573. The van der Waals surface area contributed by atoms with E-state index in [0.29, 0.717) is 11.8 Å². The molecule has 0 aliphatic carbocycles. The fraction of sp³-hybridized carbons (Fsp3) is 0.467. The molecule has 1 heterocycles. The number of unbranched alkanes of at least 4 members (excludes halogenated alkanes) is 1. The van der Waals surface area contributed by atoms with Crippen LogP contribution in [0.25, 0.3) is 11.5 Å². The van der Waals surface area contributed by atoms with E-state index in [4.69, 9.17) is 9.15 Å². The van der Waals surface area contributed by atoms with Gasteiger partial charge < -0.3 is 9.15 Å². The monoisotopic (exact) mass is 260 g/mol. The standard InChI is InChI=1S/C15H20N2O2/c1-3-5-11-18-13-9-7-12(8-10-13)15-17-16-14(19-15)6-4-2/h7-10H,3-6,11H2,1-2H3. The Morgan fingerprint density at radius 1 is 1.05 bits per heavy atom. The molecule has 0 atom stereocenters. The number of rotatable bonds is 7. The average Bonchev–Trinajstić information content (AvgIpc) is 2.89. The van der Waals surface area contributed by atoms with Crippen molar-refractivity contribution in [2.75, 3.05) is 6.61 Å². The van der Waals surface area contributed by atoms with Gasteiger partial charge in [-0.05, 0) is 37.1 Å². The summed E-state index contributed by atoms with van der Waals surface area (Å²) < 4.78 is 11.2. The Hall–Kier alpha value is -1.84. The first kappa shape index (κ1) is 13.6. The molecule has 2 aromatic rings. The van der Waals surface area contributed by atoms with Gasteiger partial charge in [-0.15, -0.1) is 10.2 Å². The van der Waals surface area contributed by atoms with Crippen LogP contribution in [0.4, 0.5) is 0 Å². The van der Waals surface area contributed by atoms with Gasteiger partial charge in [0.2, 0.25) is 11.8 Å². The summed E-state index contributed by atoms with van der Waals surface area (Å²) in [5.41, 5.74) is 0.928.